The zero-order valence-corrected chi connectivity index (χ0v) is 32.0. The number of aliphatic hydroxyl groups is 1. The van der Waals surface area contributed by atoms with Crippen LogP contribution in [-0.2, 0) is 9.47 Å². The lowest BCUT2D eigenvalue weighted by Crippen LogP contribution is -2.43. The van der Waals surface area contributed by atoms with E-state index in [2.05, 4.69) is 62.9 Å². The fraction of sp³-hybridized carbons (Fsp3) is 0.525. The molecule has 1 aliphatic heterocycles. The first kappa shape index (κ1) is 37.0. The van der Waals surface area contributed by atoms with E-state index in [0.717, 1.165) is 35.6 Å². The molecule has 1 aliphatic carbocycles. The first-order chi connectivity index (χ1) is 24.5. The average Bonchev–Trinajstić information content (AvgIpc) is 3.94. The van der Waals surface area contributed by atoms with Crippen LogP contribution in [0.2, 0.25) is 16.6 Å². The van der Waals surface area contributed by atoms with Gasteiger partial charge in [-0.25, -0.2) is 4.39 Å². The molecule has 3 heterocycles. The summed E-state index contributed by atoms with van der Waals surface area (Å²) in [7, 11) is -0.512. The molecular weight excluding hydrogens is 664 g/mol. The van der Waals surface area contributed by atoms with Crippen molar-refractivity contribution in [2.45, 2.75) is 77.4 Å². The smallest absolute Gasteiger partial charge is 0.319 e. The van der Waals surface area contributed by atoms with Crippen molar-refractivity contribution in [2.75, 3.05) is 58.3 Å². The molecule has 11 heteroatoms. The third-order valence-corrected chi connectivity index (χ3v) is 17.1. The first-order valence-corrected chi connectivity index (χ1v) is 20.4. The maximum Gasteiger partial charge on any atom is 0.319 e. The van der Waals surface area contributed by atoms with Crippen LogP contribution in [0.5, 0.6) is 11.8 Å². The highest BCUT2D eigenvalue weighted by atomic mass is 28.3. The van der Waals surface area contributed by atoms with Gasteiger partial charge in [0.1, 0.15) is 30.9 Å². The Morgan fingerprint density at radius 1 is 1.02 bits per heavy atom. The molecule has 6 rings (SSSR count). The van der Waals surface area contributed by atoms with E-state index in [4.69, 9.17) is 28.9 Å². The van der Waals surface area contributed by atoms with E-state index < -0.39 is 13.9 Å². The van der Waals surface area contributed by atoms with Crippen LogP contribution in [0.1, 0.15) is 66.4 Å². The number of rotatable bonds is 12. The zero-order valence-electron chi connectivity index (χ0n) is 31.0. The summed E-state index contributed by atoms with van der Waals surface area (Å²) in [6.45, 7) is 16.6. The Balaban J connectivity index is 1.57. The number of pyridine rings is 1. The van der Waals surface area contributed by atoms with Gasteiger partial charge >= 0.3 is 6.01 Å². The molecule has 0 bridgehead atoms. The third kappa shape index (κ3) is 7.42. The molecule has 1 saturated heterocycles. The van der Waals surface area contributed by atoms with Gasteiger partial charge in [0.15, 0.2) is 12.6 Å². The Kier molecular flexibility index (Phi) is 11.2. The molecule has 0 radical (unpaired) electrons. The Labute approximate surface area is 301 Å². The van der Waals surface area contributed by atoms with Gasteiger partial charge in [-0.1, -0.05) is 59.6 Å². The summed E-state index contributed by atoms with van der Waals surface area (Å²) in [5.41, 5.74) is 6.56. The van der Waals surface area contributed by atoms with Crippen LogP contribution in [0.3, 0.4) is 0 Å². The highest BCUT2D eigenvalue weighted by molar-refractivity contribution is 6.90. The van der Waals surface area contributed by atoms with Crippen LogP contribution in [-0.4, -0.2) is 81.6 Å². The number of fused-ring (bicyclic) bond motifs is 2. The zero-order chi connectivity index (χ0) is 36.3. The molecule has 1 saturated carbocycles. The van der Waals surface area contributed by atoms with Crippen LogP contribution in [0.25, 0.3) is 32.9 Å². The van der Waals surface area contributed by atoms with E-state index in [1.807, 2.05) is 30.3 Å². The molecule has 0 unspecified atom stereocenters. The van der Waals surface area contributed by atoms with Crippen LogP contribution < -0.4 is 14.4 Å². The minimum Gasteiger partial charge on any atom is -0.468 e. The predicted molar refractivity (Wildman–Crippen MR) is 203 cm³/mol. The van der Waals surface area contributed by atoms with Gasteiger partial charge < -0.3 is 29.0 Å². The van der Waals surface area contributed by atoms with E-state index in [0.29, 0.717) is 65.4 Å². The Hall–Kier alpha value is -3.82. The third-order valence-electron chi connectivity index (χ3n) is 10.8. The van der Waals surface area contributed by atoms with Crippen molar-refractivity contribution >= 4 is 35.6 Å². The van der Waals surface area contributed by atoms with Crippen LogP contribution in [0, 0.1) is 22.7 Å². The largest absolute Gasteiger partial charge is 0.468 e. The number of aliphatic hydroxyl groups excluding tert-OH is 1. The molecule has 272 valence electrons. The molecule has 9 nitrogen and oxygen atoms in total. The van der Waals surface area contributed by atoms with Gasteiger partial charge in [0.05, 0.1) is 25.2 Å². The van der Waals surface area contributed by atoms with Crippen molar-refractivity contribution in [1.82, 2.24) is 15.0 Å². The lowest BCUT2D eigenvalue weighted by atomic mass is 9.96. The van der Waals surface area contributed by atoms with E-state index in [9.17, 15) is 5.11 Å². The molecule has 0 spiro atoms. The lowest BCUT2D eigenvalue weighted by Gasteiger charge is -2.38. The van der Waals surface area contributed by atoms with Gasteiger partial charge in [0.2, 0.25) is 0 Å². The van der Waals surface area contributed by atoms with Gasteiger partial charge in [0, 0.05) is 54.9 Å². The van der Waals surface area contributed by atoms with E-state index >= 15 is 4.39 Å². The molecule has 0 atom stereocenters. The monoisotopic (exact) mass is 714 g/mol. The molecule has 4 aromatic rings. The fourth-order valence-electron chi connectivity index (χ4n) is 7.73. The second-order valence-electron chi connectivity index (χ2n) is 15.0. The van der Waals surface area contributed by atoms with E-state index in [1.54, 1.807) is 13.3 Å². The standard InChI is InChI=1S/C40H51FN4O5Si/c1-26(2)51(27(3)4,28(5)6)19-12-29-10-8-11-30-20-31(50-25-47-7)21-32(34(29)30)36-35(41)37-33(22-42-36)38(45-15-9-17-48-18-16-45)44-39(43-37)49-24-40(23-46)13-14-40/h8,10-11,20-22,26-28,46H,9,13-18,23-25H2,1-7H3. The van der Waals surface area contributed by atoms with Crippen LogP contribution in [0.4, 0.5) is 10.2 Å². The summed E-state index contributed by atoms with van der Waals surface area (Å²) in [4.78, 5) is 16.3. The molecule has 2 aliphatic rings. The number of halogens is 1. The topological polar surface area (TPSA) is 99.1 Å². The van der Waals surface area contributed by atoms with Gasteiger partial charge in [0.25, 0.3) is 0 Å². The Morgan fingerprint density at radius 2 is 1.78 bits per heavy atom. The number of hydrogen-bond acceptors (Lipinski definition) is 9. The van der Waals surface area contributed by atoms with Crippen molar-refractivity contribution in [3.05, 3.63) is 47.9 Å². The van der Waals surface area contributed by atoms with Gasteiger partial charge in [-0.3, -0.25) is 4.98 Å². The number of hydrogen-bond donors (Lipinski definition) is 1. The highest BCUT2D eigenvalue weighted by Gasteiger charge is 2.43. The second kappa shape index (κ2) is 15.4. The summed E-state index contributed by atoms with van der Waals surface area (Å²) < 4.78 is 40.2. The number of nitrogens with zero attached hydrogens (tertiary/aromatic N) is 4. The van der Waals surface area contributed by atoms with Crippen molar-refractivity contribution in [3.8, 4) is 34.5 Å². The number of anilines is 1. The first-order valence-electron chi connectivity index (χ1n) is 18.2. The average molecular weight is 715 g/mol. The molecule has 51 heavy (non-hydrogen) atoms. The fourth-order valence-corrected chi connectivity index (χ4v) is 12.9. The van der Waals surface area contributed by atoms with Gasteiger partial charge in [-0.15, -0.1) is 5.54 Å². The highest BCUT2D eigenvalue weighted by Crippen LogP contribution is 2.46. The SMILES string of the molecule is COCOc1cc(-c2ncc3c(N4CCCOCC4)nc(OCC4(CO)CC4)nc3c2F)c2c(C#C[Si](C(C)C)(C(C)C)C(C)C)cccc2c1. The molecule has 2 aromatic carbocycles. The maximum absolute atomic E-state index is 17.3. The number of benzene rings is 2. The minimum atomic E-state index is -2.07. The summed E-state index contributed by atoms with van der Waals surface area (Å²) in [5.74, 6) is 4.12. The Morgan fingerprint density at radius 3 is 2.47 bits per heavy atom. The Bertz CT molecular complexity index is 1910. The molecule has 2 aromatic heterocycles. The van der Waals surface area contributed by atoms with Crippen molar-refractivity contribution in [1.29, 1.82) is 0 Å². The van der Waals surface area contributed by atoms with Crippen molar-refractivity contribution in [3.63, 3.8) is 0 Å². The van der Waals surface area contributed by atoms with E-state index in [1.165, 1.54) is 0 Å². The minimum absolute atomic E-state index is 0.0221. The van der Waals surface area contributed by atoms with Crippen molar-refractivity contribution < 1.29 is 28.4 Å². The summed E-state index contributed by atoms with van der Waals surface area (Å²) in [6.07, 6.45) is 4.20. The van der Waals surface area contributed by atoms with Crippen LogP contribution >= 0.6 is 0 Å². The molecule has 2 fully saturated rings. The number of methoxy groups -OCH3 is 1. The molecule has 0 amide bonds. The summed E-state index contributed by atoms with van der Waals surface area (Å²) in [6, 6.07) is 9.80. The molecule has 1 N–H and O–H groups in total. The lowest BCUT2D eigenvalue weighted by molar-refractivity contribution is 0.0512. The predicted octanol–water partition coefficient (Wildman–Crippen LogP) is 7.91. The second-order valence-corrected chi connectivity index (χ2v) is 20.6. The van der Waals surface area contributed by atoms with E-state index in [-0.39, 0.29) is 42.6 Å². The number of aromatic nitrogens is 3. The van der Waals surface area contributed by atoms with Gasteiger partial charge in [-0.05, 0) is 59.5 Å². The maximum atomic E-state index is 17.3. The molecular formula is C40H51FN4O5Si. The van der Waals surface area contributed by atoms with Crippen LogP contribution in [0.15, 0.2) is 36.5 Å². The quantitative estimate of drug-likeness (QED) is 0.0892. The summed E-state index contributed by atoms with van der Waals surface area (Å²) >= 11 is 0. The normalized spacial score (nSPS) is 16.1. The van der Waals surface area contributed by atoms with Gasteiger partial charge in [-0.2, -0.15) is 9.97 Å². The number of ether oxygens (including phenoxy) is 4. The van der Waals surface area contributed by atoms with Crippen molar-refractivity contribution in [2.24, 2.45) is 5.41 Å². The summed E-state index contributed by atoms with van der Waals surface area (Å²) in [5, 5.41) is 12.1.